The molecule has 2 aromatic heterocycles. The highest BCUT2D eigenvalue weighted by molar-refractivity contribution is 5.94. The van der Waals surface area contributed by atoms with Crippen LogP contribution in [-0.2, 0) is 19.6 Å². The van der Waals surface area contributed by atoms with E-state index in [4.69, 9.17) is 0 Å². The smallest absolute Gasteiger partial charge is 0.251 e. The highest BCUT2D eigenvalue weighted by Crippen LogP contribution is 2.12. The monoisotopic (exact) mass is 451 g/mol. The first kappa shape index (κ1) is 24.7. The molecule has 0 saturated carbocycles. The summed E-state index contributed by atoms with van der Waals surface area (Å²) in [5.74, 6) is 1.81. The summed E-state index contributed by atoms with van der Waals surface area (Å²) in [4.78, 5) is 32.3. The van der Waals surface area contributed by atoms with E-state index < -0.39 is 0 Å². The van der Waals surface area contributed by atoms with Gasteiger partial charge in [-0.1, -0.05) is 26.0 Å². The van der Waals surface area contributed by atoms with Gasteiger partial charge < -0.3 is 20.2 Å². The standard InChI is InChI=1S/C25H37N7O/c1-3-15-31(16-4-2)17-5-10-30-25(33)22-8-6-21(7-9-22)18-32(19-23-26-11-12-27-23)20-24-28-13-14-29-24/h6-9,11-14H,3-5,10,15-20H2,1-2H3,(H,26,27)(H,28,29)(H,30,33). The van der Waals surface area contributed by atoms with Crippen molar-refractivity contribution in [2.75, 3.05) is 26.2 Å². The number of hydrogen-bond acceptors (Lipinski definition) is 5. The van der Waals surface area contributed by atoms with Crippen molar-refractivity contribution in [3.05, 3.63) is 71.8 Å². The molecule has 0 bridgehead atoms. The minimum Gasteiger partial charge on any atom is -0.352 e. The number of imidazole rings is 2. The van der Waals surface area contributed by atoms with E-state index in [9.17, 15) is 4.79 Å². The Hall–Kier alpha value is -2.97. The van der Waals surface area contributed by atoms with Crippen LogP contribution in [0.2, 0.25) is 0 Å². The fourth-order valence-electron chi connectivity index (χ4n) is 3.95. The summed E-state index contributed by atoms with van der Waals surface area (Å²) in [6.45, 7) is 10.5. The molecule has 0 aliphatic rings. The van der Waals surface area contributed by atoms with E-state index >= 15 is 0 Å². The largest absolute Gasteiger partial charge is 0.352 e. The number of hydrogen-bond donors (Lipinski definition) is 3. The number of carbonyl (C=O) groups excluding carboxylic acids is 1. The van der Waals surface area contributed by atoms with Gasteiger partial charge in [0.1, 0.15) is 11.6 Å². The number of H-pyrrole nitrogens is 2. The Morgan fingerprint density at radius 1 is 0.848 bits per heavy atom. The van der Waals surface area contributed by atoms with Crippen LogP contribution in [0.3, 0.4) is 0 Å². The highest BCUT2D eigenvalue weighted by Gasteiger charge is 2.12. The zero-order valence-electron chi connectivity index (χ0n) is 19.9. The molecule has 33 heavy (non-hydrogen) atoms. The van der Waals surface area contributed by atoms with Crippen molar-refractivity contribution in [1.82, 2.24) is 35.1 Å². The Balaban J connectivity index is 1.49. The second kappa shape index (κ2) is 13.5. The predicted octanol–water partition coefficient (Wildman–Crippen LogP) is 3.58. The van der Waals surface area contributed by atoms with E-state index in [0.717, 1.165) is 49.8 Å². The lowest BCUT2D eigenvalue weighted by molar-refractivity contribution is 0.0951. The molecule has 0 aliphatic heterocycles. The van der Waals surface area contributed by atoms with E-state index in [0.29, 0.717) is 25.2 Å². The van der Waals surface area contributed by atoms with Crippen molar-refractivity contribution in [3.8, 4) is 0 Å². The molecule has 1 aromatic carbocycles. The first-order valence-corrected chi connectivity index (χ1v) is 12.0. The minimum atomic E-state index is -0.0119. The molecule has 3 rings (SSSR count). The molecule has 0 unspecified atom stereocenters. The first-order valence-electron chi connectivity index (χ1n) is 12.0. The predicted molar refractivity (Wildman–Crippen MR) is 131 cm³/mol. The van der Waals surface area contributed by atoms with E-state index in [1.807, 2.05) is 36.7 Å². The van der Waals surface area contributed by atoms with Crippen molar-refractivity contribution in [2.45, 2.75) is 52.7 Å². The van der Waals surface area contributed by atoms with Gasteiger partial charge in [0.05, 0.1) is 13.1 Å². The third-order valence-corrected chi connectivity index (χ3v) is 5.50. The van der Waals surface area contributed by atoms with Gasteiger partial charge >= 0.3 is 0 Å². The normalized spacial score (nSPS) is 11.4. The molecule has 8 nitrogen and oxygen atoms in total. The molecule has 0 radical (unpaired) electrons. The van der Waals surface area contributed by atoms with Crippen molar-refractivity contribution < 1.29 is 4.79 Å². The summed E-state index contributed by atoms with van der Waals surface area (Å²) in [6.07, 6.45) is 10.5. The average Bonchev–Trinajstić information content (AvgIpc) is 3.52. The fraction of sp³-hybridized carbons (Fsp3) is 0.480. The summed E-state index contributed by atoms with van der Waals surface area (Å²) in [6, 6.07) is 7.86. The van der Waals surface area contributed by atoms with Gasteiger partial charge in [0.15, 0.2) is 0 Å². The van der Waals surface area contributed by atoms with Crippen LogP contribution in [-0.4, -0.2) is 61.8 Å². The highest BCUT2D eigenvalue weighted by atomic mass is 16.1. The second-order valence-electron chi connectivity index (χ2n) is 8.36. The Kier molecular flexibility index (Phi) is 10.1. The number of carbonyl (C=O) groups is 1. The third kappa shape index (κ3) is 8.47. The number of rotatable bonds is 15. The fourth-order valence-corrected chi connectivity index (χ4v) is 3.95. The number of nitrogens with zero attached hydrogens (tertiary/aromatic N) is 4. The molecule has 0 aliphatic carbocycles. The maximum atomic E-state index is 12.5. The SMILES string of the molecule is CCCN(CCC)CCCNC(=O)c1ccc(CN(Cc2ncc[nH]2)Cc2ncc[nH]2)cc1. The van der Waals surface area contributed by atoms with Gasteiger partial charge in [-0.25, -0.2) is 9.97 Å². The maximum absolute atomic E-state index is 12.5. The van der Waals surface area contributed by atoms with Crippen molar-refractivity contribution in [1.29, 1.82) is 0 Å². The molecule has 0 saturated heterocycles. The molecule has 3 N–H and O–H groups in total. The quantitative estimate of drug-likeness (QED) is 0.307. The Bertz CT molecular complexity index is 865. The van der Waals surface area contributed by atoms with Crippen LogP contribution >= 0.6 is 0 Å². The number of benzene rings is 1. The molecular formula is C25H37N7O. The van der Waals surface area contributed by atoms with Gasteiger partial charge in [-0.3, -0.25) is 9.69 Å². The topological polar surface area (TPSA) is 92.9 Å². The van der Waals surface area contributed by atoms with Gasteiger partial charge in [-0.15, -0.1) is 0 Å². The molecule has 0 fully saturated rings. The van der Waals surface area contributed by atoms with Gasteiger partial charge in [0, 0.05) is 43.4 Å². The van der Waals surface area contributed by atoms with Crippen LogP contribution in [0.4, 0.5) is 0 Å². The van der Waals surface area contributed by atoms with Gasteiger partial charge in [0.25, 0.3) is 5.91 Å². The Morgan fingerprint density at radius 3 is 1.97 bits per heavy atom. The molecule has 0 atom stereocenters. The number of nitrogens with one attached hydrogen (secondary N) is 3. The van der Waals surface area contributed by atoms with Crippen LogP contribution in [0, 0.1) is 0 Å². The van der Waals surface area contributed by atoms with E-state index in [1.165, 1.54) is 12.8 Å². The summed E-state index contributed by atoms with van der Waals surface area (Å²) >= 11 is 0. The number of aromatic amines is 2. The first-order chi connectivity index (χ1) is 16.2. The third-order valence-electron chi connectivity index (χ3n) is 5.50. The van der Waals surface area contributed by atoms with Gasteiger partial charge in [-0.2, -0.15) is 0 Å². The van der Waals surface area contributed by atoms with E-state index in [-0.39, 0.29) is 5.91 Å². The lowest BCUT2D eigenvalue weighted by Crippen LogP contribution is -2.31. The minimum absolute atomic E-state index is 0.0119. The number of aromatic nitrogens is 4. The zero-order chi connectivity index (χ0) is 23.3. The maximum Gasteiger partial charge on any atom is 0.251 e. The lowest BCUT2D eigenvalue weighted by Gasteiger charge is -2.21. The second-order valence-corrected chi connectivity index (χ2v) is 8.36. The van der Waals surface area contributed by atoms with Crippen LogP contribution in [0.1, 0.15) is 60.7 Å². The van der Waals surface area contributed by atoms with Crippen LogP contribution in [0.15, 0.2) is 49.1 Å². The van der Waals surface area contributed by atoms with Crippen molar-refractivity contribution in [2.24, 2.45) is 0 Å². The van der Waals surface area contributed by atoms with Crippen molar-refractivity contribution >= 4 is 5.91 Å². The summed E-state index contributed by atoms with van der Waals surface area (Å²) in [5.41, 5.74) is 1.83. The van der Waals surface area contributed by atoms with E-state index in [1.54, 1.807) is 12.4 Å². The van der Waals surface area contributed by atoms with Gasteiger partial charge in [0.2, 0.25) is 0 Å². The van der Waals surface area contributed by atoms with E-state index in [2.05, 4.69) is 48.9 Å². The molecule has 178 valence electrons. The molecule has 1 amide bonds. The van der Waals surface area contributed by atoms with Crippen LogP contribution in [0.25, 0.3) is 0 Å². The molecule has 3 aromatic rings. The van der Waals surface area contributed by atoms with Crippen LogP contribution in [0.5, 0.6) is 0 Å². The summed E-state index contributed by atoms with van der Waals surface area (Å²) in [7, 11) is 0. The number of amides is 1. The Morgan fingerprint density at radius 2 is 1.45 bits per heavy atom. The molecule has 2 heterocycles. The Labute approximate surface area is 196 Å². The molecule has 8 heteroatoms. The average molecular weight is 452 g/mol. The zero-order valence-corrected chi connectivity index (χ0v) is 19.9. The molecular weight excluding hydrogens is 414 g/mol. The molecule has 0 spiro atoms. The van der Waals surface area contributed by atoms with Crippen molar-refractivity contribution in [3.63, 3.8) is 0 Å². The van der Waals surface area contributed by atoms with Gasteiger partial charge in [-0.05, 0) is 56.6 Å². The summed E-state index contributed by atoms with van der Waals surface area (Å²) in [5, 5.41) is 3.06. The lowest BCUT2D eigenvalue weighted by atomic mass is 10.1. The summed E-state index contributed by atoms with van der Waals surface area (Å²) < 4.78 is 0. The van der Waals surface area contributed by atoms with Crippen LogP contribution < -0.4 is 5.32 Å².